The minimum Gasteiger partial charge on any atom is -0.367 e. The summed E-state index contributed by atoms with van der Waals surface area (Å²) in [6, 6.07) is 22.7. The third-order valence-corrected chi connectivity index (χ3v) is 5.19. The Morgan fingerprint density at radius 3 is 2.43 bits per heavy atom. The molecular formula is C24H23FN2O. The van der Waals surface area contributed by atoms with Gasteiger partial charge in [0, 0.05) is 30.9 Å². The van der Waals surface area contributed by atoms with Crippen molar-refractivity contribution in [3.05, 3.63) is 101 Å². The molecule has 4 rings (SSSR count). The van der Waals surface area contributed by atoms with Gasteiger partial charge < -0.3 is 10.2 Å². The fourth-order valence-corrected chi connectivity index (χ4v) is 3.63. The van der Waals surface area contributed by atoms with E-state index in [2.05, 4.69) is 34.5 Å². The Kier molecular flexibility index (Phi) is 5.38. The molecule has 0 unspecified atom stereocenters. The van der Waals surface area contributed by atoms with Crippen LogP contribution in [0.1, 0.15) is 27.0 Å². The Labute approximate surface area is 164 Å². The van der Waals surface area contributed by atoms with Gasteiger partial charge in [-0.1, -0.05) is 42.5 Å². The maximum Gasteiger partial charge on any atom is 0.251 e. The van der Waals surface area contributed by atoms with Gasteiger partial charge in [0.2, 0.25) is 0 Å². The van der Waals surface area contributed by atoms with Gasteiger partial charge in [0.15, 0.2) is 0 Å². The van der Waals surface area contributed by atoms with Crippen LogP contribution in [-0.2, 0) is 19.4 Å². The van der Waals surface area contributed by atoms with Gasteiger partial charge in [-0.3, -0.25) is 4.79 Å². The van der Waals surface area contributed by atoms with Crippen molar-refractivity contribution >= 4 is 11.6 Å². The van der Waals surface area contributed by atoms with E-state index in [4.69, 9.17) is 0 Å². The molecule has 3 aromatic rings. The summed E-state index contributed by atoms with van der Waals surface area (Å²) in [6.45, 7) is 2.41. The van der Waals surface area contributed by atoms with Gasteiger partial charge in [-0.25, -0.2) is 4.39 Å². The molecule has 1 aliphatic heterocycles. The zero-order valence-electron chi connectivity index (χ0n) is 15.7. The van der Waals surface area contributed by atoms with E-state index >= 15 is 0 Å². The first-order valence-corrected chi connectivity index (χ1v) is 9.63. The summed E-state index contributed by atoms with van der Waals surface area (Å²) in [7, 11) is 0. The molecule has 0 saturated carbocycles. The Balaban J connectivity index is 1.30. The van der Waals surface area contributed by atoms with E-state index in [1.54, 1.807) is 12.1 Å². The van der Waals surface area contributed by atoms with Crippen LogP contribution in [0, 0.1) is 5.82 Å². The molecular weight excluding hydrogens is 351 g/mol. The topological polar surface area (TPSA) is 32.3 Å². The highest BCUT2D eigenvalue weighted by atomic mass is 19.1. The molecule has 1 amide bonds. The Morgan fingerprint density at radius 2 is 1.64 bits per heavy atom. The number of hydrogen-bond acceptors (Lipinski definition) is 2. The number of anilines is 1. The van der Waals surface area contributed by atoms with Gasteiger partial charge >= 0.3 is 0 Å². The molecule has 0 aliphatic carbocycles. The average Bonchev–Trinajstić information content (AvgIpc) is 3.13. The first kappa shape index (κ1) is 18.2. The smallest absolute Gasteiger partial charge is 0.251 e. The van der Waals surface area contributed by atoms with Crippen LogP contribution in [0.15, 0.2) is 72.8 Å². The van der Waals surface area contributed by atoms with Gasteiger partial charge in [0.25, 0.3) is 5.91 Å². The predicted molar refractivity (Wildman–Crippen MR) is 110 cm³/mol. The molecule has 0 atom stereocenters. The van der Waals surface area contributed by atoms with Gasteiger partial charge in [0.1, 0.15) is 5.82 Å². The second kappa shape index (κ2) is 8.26. The highest BCUT2D eigenvalue weighted by molar-refractivity contribution is 5.94. The molecule has 1 aliphatic rings. The number of carbonyl (C=O) groups is 1. The lowest BCUT2D eigenvalue weighted by atomic mass is 10.1. The lowest BCUT2D eigenvalue weighted by Gasteiger charge is -2.19. The minimum absolute atomic E-state index is 0.0832. The Morgan fingerprint density at radius 1 is 0.929 bits per heavy atom. The Hall–Kier alpha value is -3.14. The number of para-hydroxylation sites is 1. The van der Waals surface area contributed by atoms with Crippen LogP contribution in [0.5, 0.6) is 0 Å². The lowest BCUT2D eigenvalue weighted by Crippen LogP contribution is -2.25. The third-order valence-electron chi connectivity index (χ3n) is 5.19. The summed E-state index contributed by atoms with van der Waals surface area (Å²) >= 11 is 0. The molecule has 0 fully saturated rings. The summed E-state index contributed by atoms with van der Waals surface area (Å²) in [5, 5.41) is 2.92. The first-order valence-electron chi connectivity index (χ1n) is 9.63. The number of carbonyl (C=O) groups excluding carboxylic acids is 1. The van der Waals surface area contributed by atoms with Crippen LogP contribution in [0.25, 0.3) is 0 Å². The van der Waals surface area contributed by atoms with E-state index < -0.39 is 0 Å². The molecule has 1 N–H and O–H groups in total. The Bertz CT molecular complexity index is 951. The fraction of sp³-hybridized carbons (Fsp3) is 0.208. The predicted octanol–water partition coefficient (Wildman–Crippen LogP) is 4.36. The number of nitrogens with one attached hydrogen (secondary N) is 1. The average molecular weight is 374 g/mol. The molecule has 0 bridgehead atoms. The van der Waals surface area contributed by atoms with Gasteiger partial charge in [-0.05, 0) is 59.9 Å². The number of nitrogens with zero attached hydrogens (tertiary/aromatic N) is 1. The van der Waals surface area contributed by atoms with Crippen molar-refractivity contribution in [3.63, 3.8) is 0 Å². The molecule has 1 heterocycles. The number of amides is 1. The standard InChI is InChI=1S/C24H23FN2O/c25-22-11-7-18(8-12-22)13-15-26-24(28)21-9-5-19(6-10-21)17-27-16-14-20-3-1-2-4-23(20)27/h1-12H,13-17H2,(H,26,28). The molecule has 142 valence electrons. The third kappa shape index (κ3) is 4.22. The number of benzene rings is 3. The molecule has 0 radical (unpaired) electrons. The van der Waals surface area contributed by atoms with E-state index in [0.29, 0.717) is 18.5 Å². The molecule has 28 heavy (non-hydrogen) atoms. The zero-order valence-corrected chi connectivity index (χ0v) is 15.7. The highest BCUT2D eigenvalue weighted by Gasteiger charge is 2.18. The maximum absolute atomic E-state index is 12.9. The van der Waals surface area contributed by atoms with Gasteiger partial charge in [-0.15, -0.1) is 0 Å². The number of hydrogen-bond donors (Lipinski definition) is 1. The van der Waals surface area contributed by atoms with Crippen LogP contribution in [0.3, 0.4) is 0 Å². The van der Waals surface area contributed by atoms with Crippen molar-refractivity contribution in [2.24, 2.45) is 0 Å². The quantitative estimate of drug-likeness (QED) is 0.695. The first-order chi connectivity index (χ1) is 13.7. The van der Waals surface area contributed by atoms with E-state index in [9.17, 15) is 9.18 Å². The van der Waals surface area contributed by atoms with E-state index in [1.165, 1.54) is 28.9 Å². The van der Waals surface area contributed by atoms with Crippen molar-refractivity contribution in [2.75, 3.05) is 18.0 Å². The van der Waals surface area contributed by atoms with E-state index in [0.717, 1.165) is 25.1 Å². The van der Waals surface area contributed by atoms with Crippen molar-refractivity contribution in [1.82, 2.24) is 5.32 Å². The maximum atomic E-state index is 12.9. The molecule has 0 aromatic heterocycles. The van der Waals surface area contributed by atoms with Crippen molar-refractivity contribution in [3.8, 4) is 0 Å². The molecule has 0 spiro atoms. The van der Waals surface area contributed by atoms with Gasteiger partial charge in [0.05, 0.1) is 0 Å². The van der Waals surface area contributed by atoms with E-state index in [1.807, 2.05) is 24.3 Å². The second-order valence-electron chi connectivity index (χ2n) is 7.13. The van der Waals surface area contributed by atoms with Gasteiger partial charge in [-0.2, -0.15) is 0 Å². The summed E-state index contributed by atoms with van der Waals surface area (Å²) in [5.74, 6) is -0.328. The molecule has 3 aromatic carbocycles. The van der Waals surface area contributed by atoms with Crippen LogP contribution in [0.2, 0.25) is 0 Å². The largest absolute Gasteiger partial charge is 0.367 e. The molecule has 3 nitrogen and oxygen atoms in total. The van der Waals surface area contributed by atoms with Crippen molar-refractivity contribution in [2.45, 2.75) is 19.4 Å². The SMILES string of the molecule is O=C(NCCc1ccc(F)cc1)c1ccc(CN2CCc3ccccc32)cc1. The summed E-state index contributed by atoms with van der Waals surface area (Å²) in [4.78, 5) is 14.7. The number of rotatable bonds is 6. The van der Waals surface area contributed by atoms with Crippen LogP contribution in [0.4, 0.5) is 10.1 Å². The minimum atomic E-state index is -0.245. The van der Waals surface area contributed by atoms with Crippen molar-refractivity contribution < 1.29 is 9.18 Å². The molecule has 0 saturated heterocycles. The highest BCUT2D eigenvalue weighted by Crippen LogP contribution is 2.28. The van der Waals surface area contributed by atoms with Crippen LogP contribution >= 0.6 is 0 Å². The van der Waals surface area contributed by atoms with Crippen LogP contribution in [-0.4, -0.2) is 19.0 Å². The van der Waals surface area contributed by atoms with Crippen LogP contribution < -0.4 is 10.2 Å². The molecule has 4 heteroatoms. The number of fused-ring (bicyclic) bond motifs is 1. The van der Waals surface area contributed by atoms with E-state index in [-0.39, 0.29) is 11.7 Å². The summed E-state index contributed by atoms with van der Waals surface area (Å²) in [6.07, 6.45) is 1.77. The lowest BCUT2D eigenvalue weighted by molar-refractivity contribution is 0.0954. The monoisotopic (exact) mass is 374 g/mol. The summed E-state index contributed by atoms with van der Waals surface area (Å²) < 4.78 is 12.9. The van der Waals surface area contributed by atoms with Crippen molar-refractivity contribution in [1.29, 1.82) is 0 Å². The number of halogens is 1. The normalized spacial score (nSPS) is 12.7. The summed E-state index contributed by atoms with van der Waals surface area (Å²) in [5.41, 5.74) is 5.57. The fourth-order valence-electron chi connectivity index (χ4n) is 3.63. The zero-order chi connectivity index (χ0) is 19.3. The second-order valence-corrected chi connectivity index (χ2v) is 7.13.